The normalized spacial score (nSPS) is 18.5. The summed E-state index contributed by atoms with van der Waals surface area (Å²) in [5, 5.41) is 0. The van der Waals surface area contributed by atoms with E-state index in [0.29, 0.717) is 25.5 Å². The summed E-state index contributed by atoms with van der Waals surface area (Å²) in [5.41, 5.74) is 1.03. The first-order valence-electron chi connectivity index (χ1n) is 6.86. The summed E-state index contributed by atoms with van der Waals surface area (Å²) in [6.07, 6.45) is 1.39. The number of carbonyl (C=O) groups excluding carboxylic acids is 1. The van der Waals surface area contributed by atoms with Crippen LogP contribution in [0.25, 0.3) is 0 Å². The fraction of sp³-hybridized carbons (Fsp3) is 0.312. The van der Waals surface area contributed by atoms with Crippen LogP contribution in [0.3, 0.4) is 0 Å². The van der Waals surface area contributed by atoms with Crippen LogP contribution >= 0.6 is 0 Å². The van der Waals surface area contributed by atoms with Crippen molar-refractivity contribution in [2.24, 2.45) is 0 Å². The largest absolute Gasteiger partial charge is 0.497 e. The molecule has 0 aliphatic carbocycles. The van der Waals surface area contributed by atoms with E-state index in [-0.39, 0.29) is 12.0 Å². The molecule has 0 N–H and O–H groups in total. The highest BCUT2D eigenvalue weighted by Gasteiger charge is 2.27. The van der Waals surface area contributed by atoms with E-state index in [0.717, 1.165) is 11.3 Å². The fourth-order valence-corrected chi connectivity index (χ4v) is 2.41. The van der Waals surface area contributed by atoms with Gasteiger partial charge in [0.05, 0.1) is 26.5 Å². The summed E-state index contributed by atoms with van der Waals surface area (Å²) in [6.45, 7) is 1.61. The Morgan fingerprint density at radius 3 is 2.76 bits per heavy atom. The molecule has 21 heavy (non-hydrogen) atoms. The lowest BCUT2D eigenvalue weighted by Crippen LogP contribution is -2.42. The molecule has 0 radical (unpaired) electrons. The lowest BCUT2D eigenvalue weighted by molar-refractivity contribution is -0.0237. The van der Waals surface area contributed by atoms with E-state index in [1.165, 1.54) is 6.26 Å². The zero-order chi connectivity index (χ0) is 14.7. The van der Waals surface area contributed by atoms with Crippen molar-refractivity contribution in [1.82, 2.24) is 4.90 Å². The fourth-order valence-electron chi connectivity index (χ4n) is 2.41. The molecule has 2 heterocycles. The number of hydrogen-bond acceptors (Lipinski definition) is 4. The van der Waals surface area contributed by atoms with Gasteiger partial charge in [0, 0.05) is 6.54 Å². The smallest absolute Gasteiger partial charge is 0.289 e. The van der Waals surface area contributed by atoms with Crippen molar-refractivity contribution >= 4 is 5.91 Å². The van der Waals surface area contributed by atoms with Crippen molar-refractivity contribution in [3.05, 3.63) is 54.0 Å². The third-order valence-corrected chi connectivity index (χ3v) is 3.57. The Morgan fingerprint density at radius 2 is 2.10 bits per heavy atom. The van der Waals surface area contributed by atoms with Crippen LogP contribution in [0.1, 0.15) is 22.2 Å². The summed E-state index contributed by atoms with van der Waals surface area (Å²) >= 11 is 0. The van der Waals surface area contributed by atoms with Crippen molar-refractivity contribution in [3.8, 4) is 5.75 Å². The summed E-state index contributed by atoms with van der Waals surface area (Å²) in [4.78, 5) is 14.1. The van der Waals surface area contributed by atoms with Crippen LogP contribution in [-0.4, -0.2) is 37.6 Å². The van der Waals surface area contributed by atoms with Gasteiger partial charge >= 0.3 is 0 Å². The SMILES string of the molecule is COc1ccc(C2CN(C(=O)c3ccco3)CCO2)cc1. The van der Waals surface area contributed by atoms with Gasteiger partial charge in [-0.15, -0.1) is 0 Å². The van der Waals surface area contributed by atoms with E-state index in [4.69, 9.17) is 13.9 Å². The Bertz CT molecular complexity index is 591. The van der Waals surface area contributed by atoms with Crippen LogP contribution in [0.2, 0.25) is 0 Å². The number of benzene rings is 1. The van der Waals surface area contributed by atoms with Crippen LogP contribution in [-0.2, 0) is 4.74 Å². The number of amides is 1. The molecule has 1 atom stereocenters. The molecule has 1 aliphatic rings. The molecule has 0 spiro atoms. The first-order chi connectivity index (χ1) is 10.3. The van der Waals surface area contributed by atoms with Gasteiger partial charge in [-0.1, -0.05) is 12.1 Å². The topological polar surface area (TPSA) is 51.9 Å². The minimum absolute atomic E-state index is 0.0955. The maximum absolute atomic E-state index is 12.3. The molecular weight excluding hydrogens is 270 g/mol. The monoisotopic (exact) mass is 287 g/mol. The molecule has 1 amide bonds. The summed E-state index contributed by atoms with van der Waals surface area (Å²) in [5.74, 6) is 1.07. The van der Waals surface area contributed by atoms with Gasteiger partial charge < -0.3 is 18.8 Å². The van der Waals surface area contributed by atoms with Crippen LogP contribution in [0.5, 0.6) is 5.75 Å². The molecule has 5 heteroatoms. The second-order valence-corrected chi connectivity index (χ2v) is 4.86. The number of methoxy groups -OCH3 is 1. The molecule has 1 aromatic carbocycles. The molecule has 110 valence electrons. The van der Waals surface area contributed by atoms with Gasteiger partial charge in [-0.05, 0) is 29.8 Å². The van der Waals surface area contributed by atoms with Gasteiger partial charge in [0.25, 0.3) is 5.91 Å². The average molecular weight is 287 g/mol. The Morgan fingerprint density at radius 1 is 1.29 bits per heavy atom. The molecule has 1 unspecified atom stereocenters. The Kier molecular flexibility index (Phi) is 3.92. The van der Waals surface area contributed by atoms with Crippen LogP contribution in [0.15, 0.2) is 47.1 Å². The second kappa shape index (κ2) is 6.01. The molecule has 3 rings (SSSR count). The summed E-state index contributed by atoms with van der Waals surface area (Å²) in [6, 6.07) is 11.1. The number of carbonyl (C=O) groups is 1. The van der Waals surface area contributed by atoms with E-state index in [2.05, 4.69) is 0 Å². The highest BCUT2D eigenvalue weighted by atomic mass is 16.5. The Balaban J connectivity index is 1.71. The van der Waals surface area contributed by atoms with Crippen molar-refractivity contribution in [1.29, 1.82) is 0 Å². The number of rotatable bonds is 3. The van der Waals surface area contributed by atoms with Gasteiger partial charge in [-0.2, -0.15) is 0 Å². The van der Waals surface area contributed by atoms with Crippen molar-refractivity contribution in [2.75, 3.05) is 26.8 Å². The maximum Gasteiger partial charge on any atom is 0.289 e. The maximum atomic E-state index is 12.3. The van der Waals surface area contributed by atoms with E-state index in [1.807, 2.05) is 24.3 Å². The number of furan rings is 1. The molecule has 2 aromatic rings. The number of ether oxygens (including phenoxy) is 2. The predicted octanol–water partition coefficient (Wildman–Crippen LogP) is 2.50. The molecule has 0 saturated carbocycles. The van der Waals surface area contributed by atoms with Gasteiger partial charge in [-0.3, -0.25) is 4.79 Å². The zero-order valence-electron chi connectivity index (χ0n) is 11.8. The van der Waals surface area contributed by atoms with Crippen molar-refractivity contribution < 1.29 is 18.7 Å². The highest BCUT2D eigenvalue weighted by molar-refractivity contribution is 5.91. The summed E-state index contributed by atoms with van der Waals surface area (Å²) < 4.78 is 16.1. The minimum Gasteiger partial charge on any atom is -0.497 e. The number of nitrogens with zero attached hydrogens (tertiary/aromatic N) is 1. The third kappa shape index (κ3) is 2.92. The Hall–Kier alpha value is -2.27. The Labute approximate surface area is 123 Å². The van der Waals surface area contributed by atoms with Gasteiger partial charge in [0.1, 0.15) is 11.9 Å². The lowest BCUT2D eigenvalue weighted by atomic mass is 10.1. The molecule has 1 fully saturated rings. The first-order valence-corrected chi connectivity index (χ1v) is 6.86. The molecule has 1 aromatic heterocycles. The second-order valence-electron chi connectivity index (χ2n) is 4.86. The number of morpholine rings is 1. The first kappa shape index (κ1) is 13.7. The van der Waals surface area contributed by atoms with E-state index in [9.17, 15) is 4.79 Å². The third-order valence-electron chi connectivity index (χ3n) is 3.57. The van der Waals surface area contributed by atoms with E-state index < -0.39 is 0 Å². The van der Waals surface area contributed by atoms with Gasteiger partial charge in [0.15, 0.2) is 5.76 Å². The molecule has 0 bridgehead atoms. The number of hydrogen-bond donors (Lipinski definition) is 0. The van der Waals surface area contributed by atoms with Crippen molar-refractivity contribution in [3.63, 3.8) is 0 Å². The minimum atomic E-state index is -0.122. The average Bonchev–Trinajstić information content (AvgIpc) is 3.09. The molecule has 5 nitrogen and oxygen atoms in total. The van der Waals surface area contributed by atoms with Gasteiger partial charge in [-0.25, -0.2) is 0 Å². The van der Waals surface area contributed by atoms with Crippen LogP contribution < -0.4 is 4.74 Å². The van der Waals surface area contributed by atoms with E-state index in [1.54, 1.807) is 24.1 Å². The lowest BCUT2D eigenvalue weighted by Gasteiger charge is -2.32. The molecule has 1 aliphatic heterocycles. The quantitative estimate of drug-likeness (QED) is 0.870. The van der Waals surface area contributed by atoms with Crippen molar-refractivity contribution in [2.45, 2.75) is 6.10 Å². The molecular formula is C16H17NO4. The predicted molar refractivity (Wildman–Crippen MR) is 76.3 cm³/mol. The zero-order valence-corrected chi connectivity index (χ0v) is 11.8. The highest BCUT2D eigenvalue weighted by Crippen LogP contribution is 2.25. The van der Waals surface area contributed by atoms with Crippen LogP contribution in [0.4, 0.5) is 0 Å². The standard InChI is InChI=1S/C16H17NO4/c1-19-13-6-4-12(5-7-13)15-11-17(8-10-21-15)16(18)14-3-2-9-20-14/h2-7,9,15H,8,10-11H2,1H3. The molecule has 1 saturated heterocycles. The van der Waals surface area contributed by atoms with Gasteiger partial charge in [0.2, 0.25) is 0 Å². The summed E-state index contributed by atoms with van der Waals surface area (Å²) in [7, 11) is 1.63. The van der Waals surface area contributed by atoms with E-state index >= 15 is 0 Å². The van der Waals surface area contributed by atoms with Crippen LogP contribution in [0, 0.1) is 0 Å².